The van der Waals surface area contributed by atoms with Gasteiger partial charge < -0.3 is 4.57 Å². The number of fused-ring (bicyclic) bond motifs is 3. The fourth-order valence-electron chi connectivity index (χ4n) is 3.77. The molecule has 5 rings (SSSR count). The third kappa shape index (κ3) is 2.67. The lowest BCUT2D eigenvalue weighted by Crippen LogP contribution is -2.22. The lowest BCUT2D eigenvalue weighted by molar-refractivity contribution is 0.964. The maximum Gasteiger partial charge on any atom is 0.274 e. The van der Waals surface area contributed by atoms with Gasteiger partial charge in [0.25, 0.3) is 5.56 Å². The topological polar surface area (TPSA) is 63.1 Å². The highest BCUT2D eigenvalue weighted by molar-refractivity contribution is 7.15. The summed E-state index contributed by atoms with van der Waals surface area (Å²) in [6.45, 7) is 4.07. The van der Waals surface area contributed by atoms with Crippen molar-refractivity contribution in [3.63, 3.8) is 0 Å². The standard InChI is InChI=1S/C23H16N4OS/c1-14-11-17(15(2)26(14)18-9-7-16(13-24)8-10-18)12-21-22(28)27-20-6-4-3-5-19(20)25-23(27)29-21/h3-12H,1-2H3. The van der Waals surface area contributed by atoms with E-state index in [1.54, 1.807) is 4.40 Å². The molecule has 0 amide bonds. The second-order valence-electron chi connectivity index (χ2n) is 6.95. The summed E-state index contributed by atoms with van der Waals surface area (Å²) >= 11 is 1.41. The van der Waals surface area contributed by atoms with Gasteiger partial charge in [0.1, 0.15) is 0 Å². The summed E-state index contributed by atoms with van der Waals surface area (Å²) in [6, 6.07) is 19.4. The smallest absolute Gasteiger partial charge is 0.274 e. The average Bonchev–Trinajstić information content (AvgIpc) is 3.33. The van der Waals surface area contributed by atoms with Crippen LogP contribution >= 0.6 is 11.3 Å². The van der Waals surface area contributed by atoms with E-state index in [1.807, 2.05) is 68.5 Å². The van der Waals surface area contributed by atoms with Gasteiger partial charge in [0.15, 0.2) is 4.96 Å². The van der Waals surface area contributed by atoms with Crippen molar-refractivity contribution in [1.29, 1.82) is 5.26 Å². The highest BCUT2D eigenvalue weighted by Crippen LogP contribution is 2.22. The van der Waals surface area contributed by atoms with E-state index in [2.05, 4.69) is 21.7 Å². The molecule has 0 saturated carbocycles. The number of nitriles is 1. The first-order valence-electron chi connectivity index (χ1n) is 9.18. The molecular formula is C23H16N4OS. The summed E-state index contributed by atoms with van der Waals surface area (Å²) in [5, 5.41) is 9.01. The Morgan fingerprint density at radius 3 is 2.62 bits per heavy atom. The van der Waals surface area contributed by atoms with E-state index in [-0.39, 0.29) is 5.56 Å². The van der Waals surface area contributed by atoms with Crippen LogP contribution in [0.25, 0.3) is 27.8 Å². The Kier molecular flexibility index (Phi) is 3.86. The Bertz CT molecular complexity index is 1550. The molecule has 3 heterocycles. The van der Waals surface area contributed by atoms with E-state index in [1.165, 1.54) is 11.3 Å². The van der Waals surface area contributed by atoms with Crippen LogP contribution in [0.5, 0.6) is 0 Å². The summed E-state index contributed by atoms with van der Waals surface area (Å²) in [5.41, 5.74) is 6.37. The predicted molar refractivity (Wildman–Crippen MR) is 116 cm³/mol. The predicted octanol–water partition coefficient (Wildman–Crippen LogP) is 3.74. The van der Waals surface area contributed by atoms with Crippen molar-refractivity contribution in [2.75, 3.05) is 0 Å². The largest absolute Gasteiger partial charge is 0.318 e. The summed E-state index contributed by atoms with van der Waals surface area (Å²) in [5.74, 6) is 0. The fraction of sp³-hybridized carbons (Fsp3) is 0.0870. The van der Waals surface area contributed by atoms with E-state index in [4.69, 9.17) is 5.26 Å². The molecule has 5 nitrogen and oxygen atoms in total. The summed E-state index contributed by atoms with van der Waals surface area (Å²) < 4.78 is 4.48. The number of thiazole rings is 1. The van der Waals surface area contributed by atoms with Crippen molar-refractivity contribution in [1.82, 2.24) is 14.0 Å². The lowest BCUT2D eigenvalue weighted by Gasteiger charge is -2.09. The molecule has 2 aromatic carbocycles. The van der Waals surface area contributed by atoms with Gasteiger partial charge in [0.2, 0.25) is 0 Å². The van der Waals surface area contributed by atoms with Crippen LogP contribution in [-0.2, 0) is 0 Å². The molecule has 0 N–H and O–H groups in total. The molecular weight excluding hydrogens is 380 g/mol. The summed E-state index contributed by atoms with van der Waals surface area (Å²) in [6.07, 6.45) is 1.94. The average molecular weight is 396 g/mol. The molecule has 0 saturated heterocycles. The van der Waals surface area contributed by atoms with Gasteiger partial charge >= 0.3 is 0 Å². The Labute approximate surface area is 170 Å². The van der Waals surface area contributed by atoms with Crippen molar-refractivity contribution in [2.45, 2.75) is 13.8 Å². The SMILES string of the molecule is Cc1cc(C=c2sc3nc4ccccc4n3c2=O)c(C)n1-c1ccc(C#N)cc1. The van der Waals surface area contributed by atoms with Gasteiger partial charge in [-0.25, -0.2) is 9.38 Å². The molecule has 0 radical (unpaired) electrons. The molecule has 0 bridgehead atoms. The second-order valence-corrected chi connectivity index (χ2v) is 7.96. The van der Waals surface area contributed by atoms with E-state index in [9.17, 15) is 4.79 Å². The Morgan fingerprint density at radius 1 is 1.10 bits per heavy atom. The molecule has 0 aliphatic carbocycles. The first-order valence-corrected chi connectivity index (χ1v) is 9.99. The van der Waals surface area contributed by atoms with Crippen LogP contribution in [0.2, 0.25) is 0 Å². The number of nitrogens with zero attached hydrogens (tertiary/aromatic N) is 4. The Balaban J connectivity index is 1.67. The summed E-state index contributed by atoms with van der Waals surface area (Å²) in [4.78, 5) is 18.3. The van der Waals surface area contributed by atoms with Gasteiger partial charge in [-0.3, -0.25) is 4.79 Å². The van der Waals surface area contributed by atoms with E-state index < -0.39 is 0 Å². The van der Waals surface area contributed by atoms with Crippen molar-refractivity contribution in [2.24, 2.45) is 0 Å². The minimum absolute atomic E-state index is 0.0399. The molecule has 0 fully saturated rings. The minimum atomic E-state index is -0.0399. The number of hydrogen-bond donors (Lipinski definition) is 0. The first-order chi connectivity index (χ1) is 14.1. The highest BCUT2D eigenvalue weighted by atomic mass is 32.1. The van der Waals surface area contributed by atoms with Crippen LogP contribution in [0.15, 0.2) is 59.4 Å². The molecule has 5 aromatic rings. The van der Waals surface area contributed by atoms with Gasteiger partial charge in [-0.1, -0.05) is 23.5 Å². The van der Waals surface area contributed by atoms with Crippen LogP contribution in [0, 0.1) is 25.2 Å². The zero-order chi connectivity index (χ0) is 20.1. The Hall–Kier alpha value is -3.69. The molecule has 0 aliphatic heterocycles. The maximum atomic E-state index is 13.0. The normalized spacial score (nSPS) is 12.1. The monoisotopic (exact) mass is 396 g/mol. The number of aryl methyl sites for hydroxylation is 1. The third-order valence-corrected chi connectivity index (χ3v) is 6.13. The minimum Gasteiger partial charge on any atom is -0.318 e. The van der Waals surface area contributed by atoms with E-state index in [0.717, 1.165) is 33.7 Å². The molecule has 0 aliphatic rings. The third-order valence-electron chi connectivity index (χ3n) is 5.16. The molecule has 140 valence electrons. The van der Waals surface area contributed by atoms with Crippen molar-refractivity contribution >= 4 is 33.4 Å². The van der Waals surface area contributed by atoms with Crippen LogP contribution in [0.4, 0.5) is 0 Å². The number of benzene rings is 2. The number of imidazole rings is 1. The number of para-hydroxylation sites is 2. The highest BCUT2D eigenvalue weighted by Gasteiger charge is 2.13. The quantitative estimate of drug-likeness (QED) is 0.457. The lowest BCUT2D eigenvalue weighted by atomic mass is 10.2. The van der Waals surface area contributed by atoms with Crippen LogP contribution in [-0.4, -0.2) is 14.0 Å². The van der Waals surface area contributed by atoms with Gasteiger partial charge in [0.05, 0.1) is 27.2 Å². The van der Waals surface area contributed by atoms with E-state index in [0.29, 0.717) is 15.1 Å². The van der Waals surface area contributed by atoms with Crippen LogP contribution in [0.1, 0.15) is 22.5 Å². The molecule has 29 heavy (non-hydrogen) atoms. The van der Waals surface area contributed by atoms with Crippen molar-refractivity contribution in [3.8, 4) is 11.8 Å². The number of rotatable bonds is 2. The first kappa shape index (κ1) is 17.4. The molecule has 6 heteroatoms. The Morgan fingerprint density at radius 2 is 1.86 bits per heavy atom. The number of hydrogen-bond acceptors (Lipinski definition) is 4. The van der Waals surface area contributed by atoms with Crippen LogP contribution < -0.4 is 10.1 Å². The number of aromatic nitrogens is 3. The zero-order valence-electron chi connectivity index (χ0n) is 15.9. The fourth-order valence-corrected chi connectivity index (χ4v) is 4.75. The van der Waals surface area contributed by atoms with Crippen molar-refractivity contribution in [3.05, 3.63) is 92.0 Å². The van der Waals surface area contributed by atoms with Gasteiger partial charge in [-0.05, 0) is 68.0 Å². The zero-order valence-corrected chi connectivity index (χ0v) is 16.7. The molecule has 0 spiro atoms. The van der Waals surface area contributed by atoms with E-state index >= 15 is 0 Å². The van der Waals surface area contributed by atoms with Gasteiger partial charge in [0, 0.05) is 17.1 Å². The second kappa shape index (κ2) is 6.43. The maximum absolute atomic E-state index is 13.0. The van der Waals surface area contributed by atoms with Gasteiger partial charge in [-0.2, -0.15) is 5.26 Å². The molecule has 0 unspecified atom stereocenters. The molecule has 3 aromatic heterocycles. The van der Waals surface area contributed by atoms with Crippen LogP contribution in [0.3, 0.4) is 0 Å². The summed E-state index contributed by atoms with van der Waals surface area (Å²) in [7, 11) is 0. The van der Waals surface area contributed by atoms with Crippen molar-refractivity contribution < 1.29 is 0 Å². The van der Waals surface area contributed by atoms with Gasteiger partial charge in [-0.15, -0.1) is 0 Å². The molecule has 0 atom stereocenters.